The quantitative estimate of drug-likeness (QED) is 0.708. The molecule has 5 heteroatoms. The first-order chi connectivity index (χ1) is 7.82. The largest absolute Gasteiger partial charge is 0.431 e. The zero-order valence-electron chi connectivity index (χ0n) is 10.3. The van der Waals surface area contributed by atoms with E-state index in [1.54, 1.807) is 0 Å². The lowest BCUT2D eigenvalue weighted by Crippen LogP contribution is -2.24. The molecule has 0 aromatic heterocycles. The van der Waals surface area contributed by atoms with Gasteiger partial charge in [-0.2, -0.15) is 13.2 Å². The third-order valence-corrected chi connectivity index (χ3v) is 2.73. The smallest absolute Gasteiger partial charge is 0.394 e. The summed E-state index contributed by atoms with van der Waals surface area (Å²) in [6.45, 7) is 3.72. The van der Waals surface area contributed by atoms with Gasteiger partial charge in [0.15, 0.2) is 0 Å². The van der Waals surface area contributed by atoms with Crippen molar-refractivity contribution in [2.75, 3.05) is 0 Å². The van der Waals surface area contributed by atoms with Crippen molar-refractivity contribution in [3.63, 3.8) is 0 Å². The van der Waals surface area contributed by atoms with Gasteiger partial charge in [-0.3, -0.25) is 4.99 Å². The van der Waals surface area contributed by atoms with Gasteiger partial charge in [0.2, 0.25) is 0 Å². The Labute approximate surface area is 99.8 Å². The second-order valence-corrected chi connectivity index (χ2v) is 4.62. The molecule has 0 unspecified atom stereocenters. The van der Waals surface area contributed by atoms with Crippen molar-refractivity contribution in [2.24, 2.45) is 10.7 Å². The Balaban J connectivity index is 3.14. The minimum atomic E-state index is -4.45. The highest BCUT2D eigenvalue weighted by atomic mass is 19.4. The molecule has 0 spiro atoms. The van der Waals surface area contributed by atoms with E-state index in [-0.39, 0.29) is 11.6 Å². The number of allylic oxidation sites excluding steroid dienone is 2. The van der Waals surface area contributed by atoms with Crippen LogP contribution < -0.4 is 5.73 Å². The number of aliphatic imine (C=N–C) groups is 1. The number of alkyl halides is 3. The topological polar surface area (TPSA) is 38.4 Å². The van der Waals surface area contributed by atoms with Gasteiger partial charge in [-0.15, -0.1) is 0 Å². The minimum absolute atomic E-state index is 0.000802. The van der Waals surface area contributed by atoms with Gasteiger partial charge >= 0.3 is 6.18 Å². The molecule has 0 heterocycles. The summed E-state index contributed by atoms with van der Waals surface area (Å²) >= 11 is 0. The van der Waals surface area contributed by atoms with Crippen molar-refractivity contribution in [1.29, 1.82) is 0 Å². The SMILES string of the molecule is CC(C)N=C1CCCCCC1=C(N)C(F)(F)F. The predicted octanol–water partition coefficient (Wildman–Crippen LogP) is 3.58. The number of rotatable bonds is 1. The standard InChI is InChI=1S/C12H19F3N2/c1-8(2)17-10-7-5-3-4-6-9(10)11(16)12(13,14)15/h8H,3-7,16H2,1-2H3. The summed E-state index contributed by atoms with van der Waals surface area (Å²) in [4.78, 5) is 4.29. The van der Waals surface area contributed by atoms with E-state index in [0.29, 0.717) is 18.6 Å². The van der Waals surface area contributed by atoms with Crippen molar-refractivity contribution in [3.05, 3.63) is 11.3 Å². The Bertz CT molecular complexity index is 327. The van der Waals surface area contributed by atoms with E-state index in [2.05, 4.69) is 4.99 Å². The predicted molar refractivity (Wildman–Crippen MR) is 62.9 cm³/mol. The van der Waals surface area contributed by atoms with E-state index in [1.807, 2.05) is 13.8 Å². The summed E-state index contributed by atoms with van der Waals surface area (Å²) < 4.78 is 37.9. The van der Waals surface area contributed by atoms with E-state index >= 15 is 0 Å². The maximum atomic E-state index is 12.6. The molecule has 0 aromatic rings. The molecule has 0 atom stereocenters. The van der Waals surface area contributed by atoms with Crippen LogP contribution in [0.1, 0.15) is 46.0 Å². The molecular weight excluding hydrogens is 229 g/mol. The molecule has 0 saturated heterocycles. The number of hydrogen-bond acceptors (Lipinski definition) is 2. The van der Waals surface area contributed by atoms with Crippen LogP contribution in [0.2, 0.25) is 0 Å². The molecule has 98 valence electrons. The van der Waals surface area contributed by atoms with Crippen LogP contribution in [0, 0.1) is 0 Å². The molecule has 17 heavy (non-hydrogen) atoms. The Kier molecular flexibility index (Phi) is 4.60. The molecule has 1 aliphatic carbocycles. The van der Waals surface area contributed by atoms with Gasteiger partial charge < -0.3 is 5.73 Å². The molecule has 2 N–H and O–H groups in total. The van der Waals surface area contributed by atoms with Crippen LogP contribution in [0.15, 0.2) is 16.3 Å². The molecule has 1 rings (SSSR count). The van der Waals surface area contributed by atoms with E-state index in [4.69, 9.17) is 5.73 Å². The first kappa shape index (κ1) is 14.1. The molecule has 1 saturated carbocycles. The van der Waals surface area contributed by atoms with E-state index < -0.39 is 11.9 Å². The van der Waals surface area contributed by atoms with Crippen molar-refractivity contribution in [2.45, 2.75) is 58.2 Å². The monoisotopic (exact) mass is 248 g/mol. The number of hydrogen-bond donors (Lipinski definition) is 1. The summed E-state index contributed by atoms with van der Waals surface area (Å²) in [5.74, 6) is 0. The Morgan fingerprint density at radius 2 is 1.76 bits per heavy atom. The first-order valence-corrected chi connectivity index (χ1v) is 5.95. The Morgan fingerprint density at radius 3 is 2.29 bits per heavy atom. The molecule has 0 aromatic carbocycles. The van der Waals surface area contributed by atoms with Crippen LogP contribution in [0.4, 0.5) is 13.2 Å². The second-order valence-electron chi connectivity index (χ2n) is 4.62. The lowest BCUT2D eigenvalue weighted by atomic mass is 10.0. The summed E-state index contributed by atoms with van der Waals surface area (Å²) in [6, 6.07) is -0.000802. The van der Waals surface area contributed by atoms with E-state index in [0.717, 1.165) is 19.3 Å². The van der Waals surface area contributed by atoms with Crippen LogP contribution in [0.5, 0.6) is 0 Å². The fourth-order valence-corrected chi connectivity index (χ4v) is 1.98. The molecule has 0 bridgehead atoms. The average molecular weight is 248 g/mol. The lowest BCUT2D eigenvalue weighted by Gasteiger charge is -2.15. The fourth-order valence-electron chi connectivity index (χ4n) is 1.98. The molecule has 2 nitrogen and oxygen atoms in total. The zero-order valence-corrected chi connectivity index (χ0v) is 10.3. The van der Waals surface area contributed by atoms with Gasteiger partial charge in [0, 0.05) is 17.3 Å². The lowest BCUT2D eigenvalue weighted by molar-refractivity contribution is -0.0933. The third-order valence-electron chi connectivity index (χ3n) is 2.73. The highest BCUT2D eigenvalue weighted by molar-refractivity contribution is 6.01. The normalized spacial score (nSPS) is 24.0. The number of nitrogens with two attached hydrogens (primary N) is 1. The van der Waals surface area contributed by atoms with Gasteiger partial charge in [-0.25, -0.2) is 0 Å². The molecule has 1 fully saturated rings. The first-order valence-electron chi connectivity index (χ1n) is 5.95. The molecule has 0 aliphatic heterocycles. The van der Waals surface area contributed by atoms with E-state index in [1.165, 1.54) is 0 Å². The molecular formula is C12H19F3N2. The van der Waals surface area contributed by atoms with Crippen molar-refractivity contribution in [3.8, 4) is 0 Å². The summed E-state index contributed by atoms with van der Waals surface area (Å²) in [6.07, 6.45) is -0.881. The van der Waals surface area contributed by atoms with Gasteiger partial charge in [-0.05, 0) is 39.5 Å². The van der Waals surface area contributed by atoms with Crippen molar-refractivity contribution >= 4 is 5.71 Å². The van der Waals surface area contributed by atoms with Gasteiger partial charge in [0.05, 0.1) is 0 Å². The highest BCUT2D eigenvalue weighted by Crippen LogP contribution is 2.30. The van der Waals surface area contributed by atoms with Gasteiger partial charge in [0.25, 0.3) is 0 Å². The van der Waals surface area contributed by atoms with Crippen molar-refractivity contribution < 1.29 is 13.2 Å². The van der Waals surface area contributed by atoms with Gasteiger partial charge in [0.1, 0.15) is 5.70 Å². The Morgan fingerprint density at radius 1 is 1.18 bits per heavy atom. The maximum Gasteiger partial charge on any atom is 0.431 e. The molecule has 0 amide bonds. The molecule has 1 aliphatic rings. The van der Waals surface area contributed by atoms with Crippen LogP contribution in [-0.2, 0) is 0 Å². The summed E-state index contributed by atoms with van der Waals surface area (Å²) in [5, 5.41) is 0. The number of nitrogens with zero attached hydrogens (tertiary/aromatic N) is 1. The van der Waals surface area contributed by atoms with Gasteiger partial charge in [-0.1, -0.05) is 6.42 Å². The summed E-state index contributed by atoms with van der Waals surface area (Å²) in [5.41, 5.74) is 5.04. The number of halogens is 3. The van der Waals surface area contributed by atoms with E-state index in [9.17, 15) is 13.2 Å². The second kappa shape index (κ2) is 5.56. The highest BCUT2D eigenvalue weighted by Gasteiger charge is 2.35. The zero-order chi connectivity index (χ0) is 13.1. The average Bonchev–Trinajstić information content (AvgIpc) is 2.40. The Hall–Kier alpha value is -1.00. The van der Waals surface area contributed by atoms with Crippen LogP contribution in [0.3, 0.4) is 0 Å². The maximum absolute atomic E-state index is 12.6. The van der Waals surface area contributed by atoms with Crippen LogP contribution >= 0.6 is 0 Å². The fraction of sp³-hybridized carbons (Fsp3) is 0.750. The van der Waals surface area contributed by atoms with Crippen LogP contribution in [0.25, 0.3) is 0 Å². The molecule has 0 radical (unpaired) electrons. The summed E-state index contributed by atoms with van der Waals surface area (Å²) in [7, 11) is 0. The van der Waals surface area contributed by atoms with Crippen LogP contribution in [-0.4, -0.2) is 17.9 Å². The minimum Gasteiger partial charge on any atom is -0.394 e. The third kappa shape index (κ3) is 4.06. The van der Waals surface area contributed by atoms with Crippen molar-refractivity contribution in [1.82, 2.24) is 0 Å².